The largest absolute Gasteiger partial charge is 0.495 e. The van der Waals surface area contributed by atoms with Crippen molar-refractivity contribution < 1.29 is 28.6 Å². The third-order valence-corrected chi connectivity index (χ3v) is 5.33. The van der Waals surface area contributed by atoms with E-state index < -0.39 is 17.8 Å². The highest BCUT2D eigenvalue weighted by molar-refractivity contribution is 9.10. The lowest BCUT2D eigenvalue weighted by Crippen LogP contribution is -2.54. The highest BCUT2D eigenvalue weighted by Gasteiger charge is 2.37. The van der Waals surface area contributed by atoms with Gasteiger partial charge in [-0.15, -0.1) is 6.58 Å². The molecule has 2 aliphatic heterocycles. The number of carbonyl (C=O) groups excluding carboxylic acids is 3. The molecule has 4 rings (SSSR count). The number of nitrogens with one attached hydrogen (secondary N) is 1. The minimum absolute atomic E-state index is 0.0575. The molecule has 0 aromatic heterocycles. The van der Waals surface area contributed by atoms with Gasteiger partial charge < -0.3 is 14.2 Å². The van der Waals surface area contributed by atoms with Gasteiger partial charge in [-0.05, 0) is 63.8 Å². The molecule has 0 bridgehead atoms. The lowest BCUT2D eigenvalue weighted by Gasteiger charge is -2.26. The van der Waals surface area contributed by atoms with Crippen LogP contribution in [0.5, 0.6) is 17.2 Å². The summed E-state index contributed by atoms with van der Waals surface area (Å²) in [6, 6.07) is 7.33. The zero-order valence-corrected chi connectivity index (χ0v) is 18.0. The quantitative estimate of drug-likeness (QED) is 0.396. The standard InChI is InChI=1S/C22H17BrN2O6/c1-3-4-13-7-12(9-16(23)19(13)29-2)8-15-20(26)24-22(28)25(21(15)27)14-5-6-17-18(10-14)31-11-30-17/h3,5-10H,1,4,11H2,2H3,(H,24,26,28)/b15-8+. The average molecular weight is 485 g/mol. The summed E-state index contributed by atoms with van der Waals surface area (Å²) < 4.78 is 16.6. The Bertz CT molecular complexity index is 1160. The first-order valence-corrected chi connectivity index (χ1v) is 10.0. The minimum Gasteiger partial charge on any atom is -0.495 e. The van der Waals surface area contributed by atoms with Crippen LogP contribution in [-0.2, 0) is 16.0 Å². The summed E-state index contributed by atoms with van der Waals surface area (Å²) in [5.41, 5.74) is 1.49. The van der Waals surface area contributed by atoms with Crippen molar-refractivity contribution in [1.82, 2.24) is 5.32 Å². The second-order valence-corrected chi connectivity index (χ2v) is 7.54. The van der Waals surface area contributed by atoms with E-state index in [9.17, 15) is 14.4 Å². The number of amides is 4. The third kappa shape index (κ3) is 3.79. The molecular weight excluding hydrogens is 468 g/mol. The molecule has 0 radical (unpaired) electrons. The van der Waals surface area contributed by atoms with Gasteiger partial charge in [0.25, 0.3) is 11.8 Å². The SMILES string of the molecule is C=CCc1cc(/C=C2\C(=O)NC(=O)N(c3ccc4c(c3)OCO4)C2=O)cc(Br)c1OC. The average Bonchev–Trinajstić information content (AvgIpc) is 3.19. The van der Waals surface area contributed by atoms with Crippen molar-refractivity contribution in [2.75, 3.05) is 18.8 Å². The monoisotopic (exact) mass is 484 g/mol. The molecule has 0 atom stereocenters. The molecule has 9 heteroatoms. The lowest BCUT2D eigenvalue weighted by molar-refractivity contribution is -0.122. The van der Waals surface area contributed by atoms with Gasteiger partial charge in [0.15, 0.2) is 11.5 Å². The van der Waals surface area contributed by atoms with Gasteiger partial charge in [-0.2, -0.15) is 0 Å². The highest BCUT2D eigenvalue weighted by atomic mass is 79.9. The first-order valence-electron chi connectivity index (χ1n) is 9.21. The van der Waals surface area contributed by atoms with E-state index >= 15 is 0 Å². The number of ether oxygens (including phenoxy) is 3. The van der Waals surface area contributed by atoms with Crippen LogP contribution >= 0.6 is 15.9 Å². The molecule has 0 saturated carbocycles. The van der Waals surface area contributed by atoms with Gasteiger partial charge in [0.2, 0.25) is 6.79 Å². The van der Waals surface area contributed by atoms with E-state index in [1.807, 2.05) is 0 Å². The van der Waals surface area contributed by atoms with Crippen molar-refractivity contribution >= 4 is 45.5 Å². The number of halogens is 1. The fourth-order valence-electron chi connectivity index (χ4n) is 3.38. The third-order valence-electron chi connectivity index (χ3n) is 4.74. The van der Waals surface area contributed by atoms with E-state index in [-0.39, 0.29) is 18.1 Å². The smallest absolute Gasteiger partial charge is 0.335 e. The molecule has 2 aliphatic rings. The minimum atomic E-state index is -0.839. The Balaban J connectivity index is 1.74. The van der Waals surface area contributed by atoms with Gasteiger partial charge in [0.05, 0.1) is 17.3 Å². The summed E-state index contributed by atoms with van der Waals surface area (Å²) in [7, 11) is 1.55. The number of imide groups is 2. The van der Waals surface area contributed by atoms with E-state index in [1.54, 1.807) is 37.5 Å². The van der Waals surface area contributed by atoms with Gasteiger partial charge in [-0.1, -0.05) is 6.08 Å². The van der Waals surface area contributed by atoms with Gasteiger partial charge in [0, 0.05) is 6.07 Å². The second kappa shape index (κ2) is 8.27. The number of methoxy groups -OCH3 is 1. The number of benzene rings is 2. The Labute approximate surface area is 186 Å². The molecule has 4 amide bonds. The van der Waals surface area contributed by atoms with Crippen molar-refractivity contribution in [3.05, 3.63) is 64.2 Å². The topological polar surface area (TPSA) is 94.2 Å². The molecule has 2 aromatic carbocycles. The van der Waals surface area contributed by atoms with Crippen LogP contribution < -0.4 is 24.4 Å². The van der Waals surface area contributed by atoms with Crippen LogP contribution in [0.1, 0.15) is 11.1 Å². The number of nitrogens with zero attached hydrogens (tertiary/aromatic N) is 1. The summed E-state index contributed by atoms with van der Waals surface area (Å²) in [6.45, 7) is 3.80. The molecule has 1 N–H and O–H groups in total. The number of fused-ring (bicyclic) bond motifs is 1. The maximum absolute atomic E-state index is 13.1. The molecular formula is C22H17BrN2O6. The van der Waals surface area contributed by atoms with Crippen molar-refractivity contribution in [1.29, 1.82) is 0 Å². The number of rotatable bonds is 5. The van der Waals surface area contributed by atoms with E-state index in [0.717, 1.165) is 10.5 Å². The van der Waals surface area contributed by atoms with Crippen molar-refractivity contribution in [3.8, 4) is 17.2 Å². The first kappa shape index (κ1) is 20.7. The van der Waals surface area contributed by atoms with E-state index in [4.69, 9.17) is 14.2 Å². The highest BCUT2D eigenvalue weighted by Crippen LogP contribution is 2.37. The number of barbiturate groups is 1. The van der Waals surface area contributed by atoms with E-state index in [0.29, 0.717) is 33.7 Å². The summed E-state index contributed by atoms with van der Waals surface area (Å²) in [5.74, 6) is 0.0413. The van der Waals surface area contributed by atoms with Crippen LogP contribution in [0.15, 0.2) is 53.0 Å². The summed E-state index contributed by atoms with van der Waals surface area (Å²) >= 11 is 3.45. The number of allylic oxidation sites excluding steroid dienone is 1. The van der Waals surface area contributed by atoms with Crippen LogP contribution in [0, 0.1) is 0 Å². The fraction of sp³-hybridized carbons (Fsp3) is 0.136. The van der Waals surface area contributed by atoms with Gasteiger partial charge in [-0.3, -0.25) is 14.9 Å². The molecule has 0 spiro atoms. The normalized spacial score (nSPS) is 16.5. The number of urea groups is 1. The van der Waals surface area contributed by atoms with Gasteiger partial charge in [-0.25, -0.2) is 9.69 Å². The molecule has 1 saturated heterocycles. The van der Waals surface area contributed by atoms with E-state index in [1.165, 1.54) is 12.1 Å². The van der Waals surface area contributed by atoms with Crippen LogP contribution in [0.25, 0.3) is 6.08 Å². The van der Waals surface area contributed by atoms with Gasteiger partial charge >= 0.3 is 6.03 Å². The Morgan fingerprint density at radius 3 is 2.71 bits per heavy atom. The Morgan fingerprint density at radius 2 is 1.97 bits per heavy atom. The maximum Gasteiger partial charge on any atom is 0.335 e. The van der Waals surface area contributed by atoms with E-state index in [2.05, 4.69) is 27.8 Å². The van der Waals surface area contributed by atoms with Gasteiger partial charge in [0.1, 0.15) is 11.3 Å². The zero-order chi connectivity index (χ0) is 22.1. The maximum atomic E-state index is 13.1. The molecule has 2 heterocycles. The number of hydrogen-bond acceptors (Lipinski definition) is 6. The number of anilines is 1. The molecule has 0 aliphatic carbocycles. The summed E-state index contributed by atoms with van der Waals surface area (Å²) in [6.07, 6.45) is 3.68. The molecule has 158 valence electrons. The molecule has 0 unspecified atom stereocenters. The molecule has 8 nitrogen and oxygen atoms in total. The van der Waals surface area contributed by atoms with Crippen LogP contribution in [0.3, 0.4) is 0 Å². The van der Waals surface area contributed by atoms with Crippen LogP contribution in [-0.4, -0.2) is 31.7 Å². The second-order valence-electron chi connectivity index (χ2n) is 6.68. The fourth-order valence-corrected chi connectivity index (χ4v) is 4.06. The zero-order valence-electron chi connectivity index (χ0n) is 16.4. The van der Waals surface area contributed by atoms with Crippen LogP contribution in [0.4, 0.5) is 10.5 Å². The van der Waals surface area contributed by atoms with Crippen molar-refractivity contribution in [2.24, 2.45) is 0 Å². The Hall–Kier alpha value is -3.59. The Kier molecular flexibility index (Phi) is 5.51. The predicted molar refractivity (Wildman–Crippen MR) is 116 cm³/mol. The first-order chi connectivity index (χ1) is 14.9. The van der Waals surface area contributed by atoms with Crippen molar-refractivity contribution in [2.45, 2.75) is 6.42 Å². The lowest BCUT2D eigenvalue weighted by atomic mass is 10.0. The Morgan fingerprint density at radius 1 is 1.19 bits per heavy atom. The van der Waals surface area contributed by atoms with Crippen LogP contribution in [0.2, 0.25) is 0 Å². The van der Waals surface area contributed by atoms with Crippen molar-refractivity contribution in [3.63, 3.8) is 0 Å². The molecule has 31 heavy (non-hydrogen) atoms. The molecule has 2 aromatic rings. The summed E-state index contributed by atoms with van der Waals surface area (Å²) in [4.78, 5) is 38.9. The summed E-state index contributed by atoms with van der Waals surface area (Å²) in [5, 5.41) is 2.21. The molecule has 1 fully saturated rings. The number of carbonyl (C=O) groups is 3. The predicted octanol–water partition coefficient (Wildman–Crippen LogP) is 3.58. The number of hydrogen-bond donors (Lipinski definition) is 1.